The van der Waals surface area contributed by atoms with E-state index in [1.54, 1.807) is 12.4 Å². The van der Waals surface area contributed by atoms with Crippen LogP contribution in [0.2, 0.25) is 0 Å². The molecule has 0 amide bonds. The van der Waals surface area contributed by atoms with E-state index in [9.17, 15) is 0 Å². The third kappa shape index (κ3) is 2.48. The Labute approximate surface area is 96.3 Å². The summed E-state index contributed by atoms with van der Waals surface area (Å²) in [6, 6.07) is 2.04. The van der Waals surface area contributed by atoms with Crippen molar-refractivity contribution in [2.75, 3.05) is 38.6 Å². The van der Waals surface area contributed by atoms with Crippen LogP contribution in [0.25, 0.3) is 0 Å². The van der Waals surface area contributed by atoms with E-state index < -0.39 is 0 Å². The minimum Gasteiger partial charge on any atom is -0.339 e. The molecule has 2 rings (SSSR count). The van der Waals surface area contributed by atoms with Crippen LogP contribution in [-0.2, 0) is 0 Å². The van der Waals surface area contributed by atoms with Crippen molar-refractivity contribution >= 4 is 5.95 Å². The van der Waals surface area contributed by atoms with Gasteiger partial charge in [0.2, 0.25) is 5.95 Å². The third-order valence-corrected chi connectivity index (χ3v) is 2.93. The third-order valence-electron chi connectivity index (χ3n) is 2.93. The molecule has 0 aliphatic carbocycles. The maximum atomic E-state index is 6.13. The zero-order valence-electron chi connectivity index (χ0n) is 9.87. The topological polar surface area (TPSA) is 58.3 Å². The van der Waals surface area contributed by atoms with E-state index in [1.165, 1.54) is 0 Å². The largest absolute Gasteiger partial charge is 0.339 e. The van der Waals surface area contributed by atoms with Gasteiger partial charge in [-0.2, -0.15) is 0 Å². The van der Waals surface area contributed by atoms with E-state index >= 15 is 0 Å². The highest BCUT2D eigenvalue weighted by Gasteiger charge is 2.31. The summed E-state index contributed by atoms with van der Waals surface area (Å²) in [7, 11) is 4.16. The van der Waals surface area contributed by atoms with Gasteiger partial charge in [-0.05, 0) is 20.2 Å². The number of nitrogens with two attached hydrogens (primary N) is 1. The van der Waals surface area contributed by atoms with E-state index in [1.807, 2.05) is 6.07 Å². The highest BCUT2D eigenvalue weighted by molar-refractivity contribution is 5.31. The maximum absolute atomic E-state index is 6.13. The van der Waals surface area contributed by atoms with Crippen molar-refractivity contribution in [2.45, 2.75) is 6.04 Å². The molecule has 88 valence electrons. The zero-order valence-corrected chi connectivity index (χ0v) is 9.87. The molecule has 0 radical (unpaired) electrons. The number of hydrogen-bond donors (Lipinski definition) is 1. The zero-order chi connectivity index (χ0) is 11.5. The van der Waals surface area contributed by atoms with Gasteiger partial charge < -0.3 is 15.5 Å². The number of aromatic nitrogens is 2. The van der Waals surface area contributed by atoms with Gasteiger partial charge in [-0.3, -0.25) is 0 Å². The van der Waals surface area contributed by atoms with Crippen molar-refractivity contribution in [3.8, 4) is 0 Å². The number of nitrogens with zero attached hydrogens (tertiary/aromatic N) is 4. The van der Waals surface area contributed by atoms with Gasteiger partial charge in [0, 0.05) is 44.0 Å². The SMILES string of the molecule is CN(C)C[C@@H]1CN(c2ncccn2)C[C@H]1N. The molecular formula is C11H19N5. The first-order valence-electron chi connectivity index (χ1n) is 5.59. The van der Waals surface area contributed by atoms with E-state index in [4.69, 9.17) is 5.73 Å². The summed E-state index contributed by atoms with van der Waals surface area (Å²) in [5.74, 6) is 1.29. The first kappa shape index (κ1) is 11.3. The molecule has 0 bridgehead atoms. The second-order valence-electron chi connectivity index (χ2n) is 4.64. The van der Waals surface area contributed by atoms with Gasteiger partial charge in [0.1, 0.15) is 0 Å². The fraction of sp³-hybridized carbons (Fsp3) is 0.636. The molecule has 1 aromatic rings. The predicted molar refractivity (Wildman–Crippen MR) is 64.3 cm³/mol. The van der Waals surface area contributed by atoms with Crippen LogP contribution in [-0.4, -0.2) is 54.6 Å². The van der Waals surface area contributed by atoms with E-state index in [0.717, 1.165) is 25.6 Å². The van der Waals surface area contributed by atoms with Crippen molar-refractivity contribution < 1.29 is 0 Å². The second kappa shape index (κ2) is 4.76. The molecule has 0 spiro atoms. The van der Waals surface area contributed by atoms with Crippen LogP contribution in [0.5, 0.6) is 0 Å². The highest BCUT2D eigenvalue weighted by atomic mass is 15.3. The van der Waals surface area contributed by atoms with Gasteiger partial charge >= 0.3 is 0 Å². The minimum atomic E-state index is 0.214. The second-order valence-corrected chi connectivity index (χ2v) is 4.64. The molecule has 0 unspecified atom stereocenters. The lowest BCUT2D eigenvalue weighted by molar-refractivity contribution is 0.323. The average Bonchev–Trinajstić information content (AvgIpc) is 2.61. The number of hydrogen-bond acceptors (Lipinski definition) is 5. The molecule has 2 atom stereocenters. The summed E-state index contributed by atoms with van der Waals surface area (Å²) in [4.78, 5) is 12.9. The Hall–Kier alpha value is -1.20. The van der Waals surface area contributed by atoms with Crippen LogP contribution in [0.4, 0.5) is 5.95 Å². The van der Waals surface area contributed by atoms with E-state index in [2.05, 4.69) is 33.9 Å². The van der Waals surface area contributed by atoms with Crippen LogP contribution in [0.15, 0.2) is 18.5 Å². The quantitative estimate of drug-likeness (QED) is 0.766. The van der Waals surface area contributed by atoms with E-state index in [-0.39, 0.29) is 6.04 Å². The highest BCUT2D eigenvalue weighted by Crippen LogP contribution is 2.19. The Morgan fingerprint density at radius 3 is 2.69 bits per heavy atom. The van der Waals surface area contributed by atoms with Crippen molar-refractivity contribution in [1.82, 2.24) is 14.9 Å². The Balaban J connectivity index is 2.01. The van der Waals surface area contributed by atoms with Crippen LogP contribution in [0.1, 0.15) is 0 Å². The standard InChI is InChI=1S/C11H19N5/c1-15(2)6-9-7-16(8-10(9)12)11-13-4-3-5-14-11/h3-5,9-10H,6-8,12H2,1-2H3/t9-,10-/m1/s1. The van der Waals surface area contributed by atoms with Gasteiger partial charge in [-0.1, -0.05) is 0 Å². The summed E-state index contributed by atoms with van der Waals surface area (Å²) < 4.78 is 0. The molecule has 0 aromatic carbocycles. The molecule has 2 heterocycles. The Morgan fingerprint density at radius 2 is 2.06 bits per heavy atom. The molecule has 1 aliphatic rings. The summed E-state index contributed by atoms with van der Waals surface area (Å²) in [6.07, 6.45) is 3.54. The lowest BCUT2D eigenvalue weighted by Gasteiger charge is -2.19. The van der Waals surface area contributed by atoms with Crippen LogP contribution in [0.3, 0.4) is 0 Å². The molecular weight excluding hydrogens is 202 g/mol. The van der Waals surface area contributed by atoms with E-state index in [0.29, 0.717) is 5.92 Å². The summed E-state index contributed by atoms with van der Waals surface area (Å²) in [5, 5.41) is 0. The predicted octanol–water partition coefficient (Wildman–Crippen LogP) is -0.198. The Bertz CT molecular complexity index is 326. The van der Waals surface area contributed by atoms with Crippen molar-refractivity contribution in [1.29, 1.82) is 0 Å². The monoisotopic (exact) mass is 221 g/mol. The molecule has 5 heteroatoms. The fourth-order valence-electron chi connectivity index (χ4n) is 2.18. The van der Waals surface area contributed by atoms with Crippen LogP contribution >= 0.6 is 0 Å². The maximum Gasteiger partial charge on any atom is 0.225 e. The van der Waals surface area contributed by atoms with Crippen LogP contribution in [0, 0.1) is 5.92 Å². The van der Waals surface area contributed by atoms with Gasteiger partial charge in [-0.25, -0.2) is 9.97 Å². The van der Waals surface area contributed by atoms with Gasteiger partial charge in [0.15, 0.2) is 0 Å². The van der Waals surface area contributed by atoms with Crippen molar-refractivity contribution in [2.24, 2.45) is 11.7 Å². The molecule has 1 saturated heterocycles. The van der Waals surface area contributed by atoms with Crippen molar-refractivity contribution in [3.05, 3.63) is 18.5 Å². The fourth-order valence-corrected chi connectivity index (χ4v) is 2.18. The molecule has 5 nitrogen and oxygen atoms in total. The molecule has 16 heavy (non-hydrogen) atoms. The van der Waals surface area contributed by atoms with Crippen molar-refractivity contribution in [3.63, 3.8) is 0 Å². The average molecular weight is 221 g/mol. The Morgan fingerprint density at radius 1 is 1.38 bits per heavy atom. The molecule has 0 saturated carbocycles. The van der Waals surface area contributed by atoms with Gasteiger partial charge in [0.05, 0.1) is 0 Å². The molecule has 2 N–H and O–H groups in total. The minimum absolute atomic E-state index is 0.214. The summed E-state index contributed by atoms with van der Waals surface area (Å²) >= 11 is 0. The lowest BCUT2D eigenvalue weighted by Crippen LogP contribution is -2.35. The lowest BCUT2D eigenvalue weighted by atomic mass is 10.0. The Kier molecular flexibility index (Phi) is 3.36. The molecule has 1 aliphatic heterocycles. The first-order valence-corrected chi connectivity index (χ1v) is 5.59. The smallest absolute Gasteiger partial charge is 0.225 e. The van der Waals surface area contributed by atoms with Gasteiger partial charge in [-0.15, -0.1) is 0 Å². The summed E-state index contributed by atoms with van der Waals surface area (Å²) in [5.41, 5.74) is 6.13. The number of rotatable bonds is 3. The first-order chi connectivity index (χ1) is 7.66. The van der Waals surface area contributed by atoms with Crippen LogP contribution < -0.4 is 10.6 Å². The molecule has 1 fully saturated rings. The number of anilines is 1. The normalized spacial score (nSPS) is 25.4. The van der Waals surface area contributed by atoms with Gasteiger partial charge in [0.25, 0.3) is 0 Å². The molecule has 1 aromatic heterocycles. The summed E-state index contributed by atoms with van der Waals surface area (Å²) in [6.45, 7) is 2.82.